The maximum absolute atomic E-state index is 12.4. The normalized spacial score (nSPS) is 27.5. The molecule has 2 aromatic carbocycles. The average molecular weight is 434 g/mol. The highest BCUT2D eigenvalue weighted by molar-refractivity contribution is 5.99. The molecule has 2 saturated heterocycles. The molecule has 0 aliphatic carbocycles. The molecule has 0 amide bonds. The molecule has 0 radical (unpaired) electrons. The highest BCUT2D eigenvalue weighted by Gasteiger charge is 2.69. The van der Waals surface area contributed by atoms with Crippen LogP contribution in [-0.4, -0.2) is 48.8 Å². The molecular weight excluding hydrogens is 416 g/mol. The largest absolute Gasteiger partial charge is 0.459 e. The molecule has 2 unspecified atom stereocenters. The predicted octanol–water partition coefficient (Wildman–Crippen LogP) is 2.09. The zero-order valence-corrected chi connectivity index (χ0v) is 16.8. The summed E-state index contributed by atoms with van der Waals surface area (Å²) >= 11 is 0. The lowest BCUT2D eigenvalue weighted by atomic mass is 9.74. The minimum Gasteiger partial charge on any atom is -0.459 e. The molecular formula is C24H18O8. The third kappa shape index (κ3) is 3.29. The Kier molecular flexibility index (Phi) is 4.86. The molecule has 0 saturated carbocycles. The van der Waals surface area contributed by atoms with Crippen LogP contribution in [0.25, 0.3) is 0 Å². The van der Waals surface area contributed by atoms with Gasteiger partial charge in [0.2, 0.25) is 0 Å². The number of ether oxygens (including phenoxy) is 4. The Hall–Kier alpha value is -3.78. The van der Waals surface area contributed by atoms with Gasteiger partial charge in [-0.05, 0) is 35.9 Å². The van der Waals surface area contributed by atoms with E-state index in [0.29, 0.717) is 16.7 Å². The SMILES string of the molecule is O=C(OCC1=C[C@@]2(COC(=O)c3ccccc3)O[C@H]1C1C(=O)OC(=O)C12)c1ccccc1. The molecule has 3 aliphatic heterocycles. The van der Waals surface area contributed by atoms with Gasteiger partial charge in [-0.1, -0.05) is 36.4 Å². The number of benzene rings is 2. The van der Waals surface area contributed by atoms with Gasteiger partial charge in [0, 0.05) is 0 Å². The Balaban J connectivity index is 1.35. The molecule has 2 aromatic rings. The van der Waals surface area contributed by atoms with Crippen molar-refractivity contribution in [3.63, 3.8) is 0 Å². The Morgan fingerprint density at radius 1 is 0.844 bits per heavy atom. The van der Waals surface area contributed by atoms with E-state index in [1.807, 2.05) is 0 Å². The van der Waals surface area contributed by atoms with Crippen LogP contribution in [-0.2, 0) is 28.5 Å². The van der Waals surface area contributed by atoms with Crippen molar-refractivity contribution >= 4 is 23.9 Å². The Morgan fingerprint density at radius 3 is 2.06 bits per heavy atom. The lowest BCUT2D eigenvalue weighted by molar-refractivity contribution is -0.159. The van der Waals surface area contributed by atoms with E-state index in [1.54, 1.807) is 66.7 Å². The smallest absolute Gasteiger partial charge is 0.338 e. The Bertz CT molecular complexity index is 1120. The first kappa shape index (κ1) is 20.1. The van der Waals surface area contributed by atoms with Crippen molar-refractivity contribution in [3.8, 4) is 0 Å². The van der Waals surface area contributed by atoms with Gasteiger partial charge in [0.1, 0.15) is 30.7 Å². The summed E-state index contributed by atoms with van der Waals surface area (Å²) in [7, 11) is 0. The molecule has 3 heterocycles. The first-order chi connectivity index (χ1) is 15.5. The van der Waals surface area contributed by atoms with E-state index in [9.17, 15) is 19.2 Å². The van der Waals surface area contributed by atoms with Gasteiger partial charge < -0.3 is 18.9 Å². The van der Waals surface area contributed by atoms with E-state index in [-0.39, 0.29) is 13.2 Å². The van der Waals surface area contributed by atoms with Crippen molar-refractivity contribution in [1.82, 2.24) is 0 Å². The average Bonchev–Trinajstić information content (AvgIpc) is 3.46. The van der Waals surface area contributed by atoms with Gasteiger partial charge in [-0.25, -0.2) is 9.59 Å². The van der Waals surface area contributed by atoms with E-state index < -0.39 is 47.4 Å². The van der Waals surface area contributed by atoms with E-state index in [0.717, 1.165) is 0 Å². The first-order valence-corrected chi connectivity index (χ1v) is 10.1. The van der Waals surface area contributed by atoms with Gasteiger partial charge in [-0.15, -0.1) is 0 Å². The minimum atomic E-state index is -1.35. The fourth-order valence-corrected chi connectivity index (χ4v) is 4.46. The van der Waals surface area contributed by atoms with Crippen LogP contribution in [0.5, 0.6) is 0 Å². The minimum absolute atomic E-state index is 0.128. The standard InChI is InChI=1S/C24H18O8/c25-20(14-7-3-1-4-8-14)29-12-16-11-24(13-30-21(26)15-9-5-2-6-10-15)18-17(19(16)32-24)22(27)31-23(18)28/h1-11,17-19H,12-13H2/t17?,18?,19-,24+/m1/s1. The maximum atomic E-state index is 12.4. The van der Waals surface area contributed by atoms with E-state index in [2.05, 4.69) is 0 Å². The van der Waals surface area contributed by atoms with Crippen molar-refractivity contribution in [2.75, 3.05) is 13.2 Å². The summed E-state index contributed by atoms with van der Waals surface area (Å²) in [4.78, 5) is 49.4. The van der Waals surface area contributed by atoms with Gasteiger partial charge in [0.15, 0.2) is 0 Å². The van der Waals surface area contributed by atoms with Crippen LogP contribution in [0.1, 0.15) is 20.7 Å². The molecule has 8 nitrogen and oxygen atoms in total. The number of hydrogen-bond donors (Lipinski definition) is 0. The highest BCUT2D eigenvalue weighted by Crippen LogP contribution is 2.53. The van der Waals surface area contributed by atoms with Crippen LogP contribution in [0.2, 0.25) is 0 Å². The van der Waals surface area contributed by atoms with Gasteiger partial charge in [-0.2, -0.15) is 0 Å². The molecule has 32 heavy (non-hydrogen) atoms. The topological polar surface area (TPSA) is 105 Å². The zero-order chi connectivity index (χ0) is 22.3. The summed E-state index contributed by atoms with van der Waals surface area (Å²) in [5.74, 6) is -4.30. The van der Waals surface area contributed by atoms with Crippen molar-refractivity contribution in [2.24, 2.45) is 11.8 Å². The molecule has 4 atom stereocenters. The molecule has 0 spiro atoms. The van der Waals surface area contributed by atoms with Crippen LogP contribution in [0.15, 0.2) is 72.3 Å². The molecule has 8 heteroatoms. The van der Waals surface area contributed by atoms with Crippen molar-refractivity contribution < 1.29 is 38.1 Å². The zero-order valence-electron chi connectivity index (χ0n) is 16.8. The van der Waals surface area contributed by atoms with Crippen LogP contribution in [0.4, 0.5) is 0 Å². The number of fused-ring (bicyclic) bond motifs is 5. The molecule has 2 fully saturated rings. The highest BCUT2D eigenvalue weighted by atomic mass is 16.6. The molecule has 3 aliphatic rings. The number of hydrogen-bond acceptors (Lipinski definition) is 8. The second-order valence-electron chi connectivity index (χ2n) is 7.84. The lowest BCUT2D eigenvalue weighted by Crippen LogP contribution is -2.43. The van der Waals surface area contributed by atoms with Gasteiger partial charge >= 0.3 is 23.9 Å². The fourth-order valence-electron chi connectivity index (χ4n) is 4.46. The lowest BCUT2D eigenvalue weighted by Gasteiger charge is -2.27. The van der Waals surface area contributed by atoms with Crippen LogP contribution < -0.4 is 0 Å². The molecule has 0 aromatic heterocycles. The van der Waals surface area contributed by atoms with E-state index >= 15 is 0 Å². The van der Waals surface area contributed by atoms with Gasteiger partial charge in [0.25, 0.3) is 0 Å². The molecule has 0 N–H and O–H groups in total. The number of carbonyl (C=O) groups excluding carboxylic acids is 4. The van der Waals surface area contributed by atoms with Crippen molar-refractivity contribution in [2.45, 2.75) is 11.7 Å². The summed E-state index contributed by atoms with van der Waals surface area (Å²) in [5.41, 5.74) is -0.0914. The second-order valence-corrected chi connectivity index (χ2v) is 7.84. The molecule has 5 rings (SSSR count). The predicted molar refractivity (Wildman–Crippen MR) is 107 cm³/mol. The molecule has 2 bridgehead atoms. The van der Waals surface area contributed by atoms with Crippen molar-refractivity contribution in [1.29, 1.82) is 0 Å². The summed E-state index contributed by atoms with van der Waals surface area (Å²) in [5, 5.41) is 0. The van der Waals surface area contributed by atoms with Gasteiger partial charge in [0.05, 0.1) is 17.2 Å². The quantitative estimate of drug-likeness (QED) is 0.295. The van der Waals surface area contributed by atoms with E-state index in [4.69, 9.17) is 18.9 Å². The fraction of sp³-hybridized carbons (Fsp3) is 0.250. The third-order valence-corrected chi connectivity index (χ3v) is 5.90. The second kappa shape index (κ2) is 7.72. The molecule has 162 valence electrons. The van der Waals surface area contributed by atoms with Crippen LogP contribution >= 0.6 is 0 Å². The number of carbonyl (C=O) groups is 4. The summed E-state index contributed by atoms with van der Waals surface area (Å²) in [6.07, 6.45) is 0.827. The monoisotopic (exact) mass is 434 g/mol. The van der Waals surface area contributed by atoms with Gasteiger partial charge in [-0.3, -0.25) is 9.59 Å². The number of cyclic esters (lactones) is 2. The number of esters is 4. The Labute approximate surface area is 182 Å². The summed E-state index contributed by atoms with van der Waals surface area (Å²) in [6, 6.07) is 16.9. The summed E-state index contributed by atoms with van der Waals surface area (Å²) in [6.45, 7) is -0.408. The van der Waals surface area contributed by atoms with Crippen LogP contribution in [0, 0.1) is 11.8 Å². The van der Waals surface area contributed by atoms with E-state index in [1.165, 1.54) is 0 Å². The maximum Gasteiger partial charge on any atom is 0.338 e. The van der Waals surface area contributed by atoms with Crippen molar-refractivity contribution in [3.05, 3.63) is 83.4 Å². The van der Waals surface area contributed by atoms with Crippen LogP contribution in [0.3, 0.4) is 0 Å². The summed E-state index contributed by atoms with van der Waals surface area (Å²) < 4.78 is 21.7. The third-order valence-electron chi connectivity index (χ3n) is 5.90. The first-order valence-electron chi connectivity index (χ1n) is 10.1. The number of rotatable bonds is 6. The Morgan fingerprint density at radius 2 is 1.44 bits per heavy atom.